The van der Waals surface area contributed by atoms with Gasteiger partial charge in [0.05, 0.1) is 11.0 Å². The molecule has 134 valence electrons. The molecule has 0 radical (unpaired) electrons. The molecular formula is C15H23ClN4O4. The second kappa shape index (κ2) is 10.1. The van der Waals surface area contributed by atoms with Crippen LogP contribution in [0.1, 0.15) is 12.8 Å². The summed E-state index contributed by atoms with van der Waals surface area (Å²) in [6, 6.07) is 5.63. The molecule has 1 unspecified atom stereocenters. The van der Waals surface area contributed by atoms with E-state index in [4.69, 9.17) is 10.5 Å². The zero-order chi connectivity index (χ0) is 16.7. The maximum Gasteiger partial charge on any atom is 0.269 e. The van der Waals surface area contributed by atoms with Gasteiger partial charge in [-0.1, -0.05) is 0 Å². The molecular weight excluding hydrogens is 336 g/mol. The van der Waals surface area contributed by atoms with E-state index in [2.05, 4.69) is 10.6 Å². The van der Waals surface area contributed by atoms with Gasteiger partial charge in [-0.15, -0.1) is 12.4 Å². The molecule has 1 aliphatic heterocycles. The molecule has 1 aliphatic rings. The lowest BCUT2D eigenvalue weighted by Crippen LogP contribution is -2.48. The number of halogens is 1. The van der Waals surface area contributed by atoms with Crippen LogP contribution in [-0.4, -0.2) is 43.2 Å². The van der Waals surface area contributed by atoms with Gasteiger partial charge in [-0.05, 0) is 30.9 Å². The van der Waals surface area contributed by atoms with E-state index in [-0.39, 0.29) is 29.9 Å². The fourth-order valence-electron chi connectivity index (χ4n) is 2.50. The molecule has 4 N–H and O–H groups in total. The minimum atomic E-state index is -0.502. The van der Waals surface area contributed by atoms with Crippen LogP contribution in [0.4, 0.5) is 11.4 Å². The SMILES string of the molecule is Cl.NC(C(=O)NCCNc1ccc([N+](=O)[O-])cc1)C1CCOCC1. The van der Waals surface area contributed by atoms with E-state index in [1.165, 1.54) is 12.1 Å². The predicted octanol–water partition coefficient (Wildman–Crippen LogP) is 1.30. The summed E-state index contributed by atoms with van der Waals surface area (Å²) in [6.07, 6.45) is 1.63. The molecule has 1 aromatic rings. The van der Waals surface area contributed by atoms with Crippen LogP contribution in [0, 0.1) is 16.0 Å². The van der Waals surface area contributed by atoms with Crippen molar-refractivity contribution in [1.82, 2.24) is 5.32 Å². The number of nitro groups is 1. The first-order valence-electron chi connectivity index (χ1n) is 7.67. The number of carbonyl (C=O) groups is 1. The van der Waals surface area contributed by atoms with Crippen molar-refractivity contribution in [3.63, 3.8) is 0 Å². The maximum absolute atomic E-state index is 12.0. The Hall–Kier alpha value is -1.90. The molecule has 1 atom stereocenters. The highest BCUT2D eigenvalue weighted by Gasteiger charge is 2.26. The van der Waals surface area contributed by atoms with E-state index in [1.807, 2.05) is 0 Å². The second-order valence-electron chi connectivity index (χ2n) is 5.50. The summed E-state index contributed by atoms with van der Waals surface area (Å²) >= 11 is 0. The van der Waals surface area contributed by atoms with E-state index in [0.29, 0.717) is 26.3 Å². The molecule has 1 heterocycles. The van der Waals surface area contributed by atoms with Crippen molar-refractivity contribution >= 4 is 29.7 Å². The van der Waals surface area contributed by atoms with Crippen molar-refractivity contribution < 1.29 is 14.5 Å². The Labute approximate surface area is 146 Å². The van der Waals surface area contributed by atoms with Gasteiger partial charge in [-0.3, -0.25) is 14.9 Å². The van der Waals surface area contributed by atoms with Crippen molar-refractivity contribution in [2.24, 2.45) is 11.7 Å². The van der Waals surface area contributed by atoms with E-state index < -0.39 is 11.0 Å². The molecule has 1 saturated heterocycles. The summed E-state index contributed by atoms with van der Waals surface area (Å²) in [7, 11) is 0. The van der Waals surface area contributed by atoms with Crippen LogP contribution in [0.3, 0.4) is 0 Å². The summed E-state index contributed by atoms with van der Waals surface area (Å²) in [5.74, 6) is 0.0220. The third-order valence-electron chi connectivity index (χ3n) is 3.91. The van der Waals surface area contributed by atoms with Crippen LogP contribution in [0.25, 0.3) is 0 Å². The standard InChI is InChI=1S/C15H22N4O4.ClH/c16-14(11-5-9-23-10-6-11)15(20)18-8-7-17-12-1-3-13(4-2-12)19(21)22;/h1-4,11,14,17H,5-10,16H2,(H,18,20);1H. The summed E-state index contributed by atoms with van der Waals surface area (Å²) < 4.78 is 5.26. The molecule has 2 rings (SSSR count). The number of nitro benzene ring substituents is 1. The van der Waals surface area contributed by atoms with Crippen LogP contribution < -0.4 is 16.4 Å². The lowest BCUT2D eigenvalue weighted by molar-refractivity contribution is -0.384. The lowest BCUT2D eigenvalue weighted by Gasteiger charge is -2.26. The largest absolute Gasteiger partial charge is 0.383 e. The average molecular weight is 359 g/mol. The molecule has 1 amide bonds. The number of non-ortho nitro benzene ring substituents is 1. The molecule has 1 aromatic carbocycles. The predicted molar refractivity (Wildman–Crippen MR) is 93.4 cm³/mol. The van der Waals surface area contributed by atoms with E-state index in [0.717, 1.165) is 18.5 Å². The maximum atomic E-state index is 12.0. The Morgan fingerprint density at radius 1 is 1.29 bits per heavy atom. The Morgan fingerprint density at radius 3 is 2.50 bits per heavy atom. The number of anilines is 1. The number of benzene rings is 1. The lowest BCUT2D eigenvalue weighted by atomic mass is 9.92. The van der Waals surface area contributed by atoms with E-state index in [1.54, 1.807) is 12.1 Å². The van der Waals surface area contributed by atoms with Crippen LogP contribution in [0.5, 0.6) is 0 Å². The van der Waals surface area contributed by atoms with Gasteiger partial charge in [0.2, 0.25) is 5.91 Å². The van der Waals surface area contributed by atoms with E-state index in [9.17, 15) is 14.9 Å². The molecule has 0 bridgehead atoms. The van der Waals surface area contributed by atoms with Gasteiger partial charge in [0.15, 0.2) is 0 Å². The molecule has 24 heavy (non-hydrogen) atoms. The Morgan fingerprint density at radius 2 is 1.92 bits per heavy atom. The molecule has 8 nitrogen and oxygen atoms in total. The Bertz CT molecular complexity index is 535. The van der Waals surface area contributed by atoms with Crippen LogP contribution in [-0.2, 0) is 9.53 Å². The third-order valence-corrected chi connectivity index (χ3v) is 3.91. The van der Waals surface area contributed by atoms with Gasteiger partial charge in [0, 0.05) is 44.1 Å². The summed E-state index contributed by atoms with van der Waals surface area (Å²) in [4.78, 5) is 22.1. The number of rotatable bonds is 7. The minimum Gasteiger partial charge on any atom is -0.383 e. The van der Waals surface area contributed by atoms with Gasteiger partial charge in [0.25, 0.3) is 5.69 Å². The highest BCUT2D eigenvalue weighted by atomic mass is 35.5. The molecule has 0 spiro atoms. The summed E-state index contributed by atoms with van der Waals surface area (Å²) in [5, 5.41) is 16.5. The molecule has 0 saturated carbocycles. The van der Waals surface area contributed by atoms with E-state index >= 15 is 0 Å². The monoisotopic (exact) mass is 358 g/mol. The molecule has 0 aromatic heterocycles. The van der Waals surface area contributed by atoms with Crippen molar-refractivity contribution in [3.8, 4) is 0 Å². The number of ether oxygens (including phenoxy) is 1. The zero-order valence-electron chi connectivity index (χ0n) is 13.3. The fraction of sp³-hybridized carbons (Fsp3) is 0.533. The summed E-state index contributed by atoms with van der Waals surface area (Å²) in [6.45, 7) is 2.28. The average Bonchev–Trinajstić information content (AvgIpc) is 2.59. The highest BCUT2D eigenvalue weighted by Crippen LogP contribution is 2.17. The second-order valence-corrected chi connectivity index (χ2v) is 5.50. The van der Waals surface area contributed by atoms with Gasteiger partial charge >= 0.3 is 0 Å². The minimum absolute atomic E-state index is 0. The van der Waals surface area contributed by atoms with Crippen molar-refractivity contribution in [1.29, 1.82) is 0 Å². The number of nitrogens with zero attached hydrogens (tertiary/aromatic N) is 1. The quantitative estimate of drug-likeness (QED) is 0.384. The molecule has 9 heteroatoms. The number of hydrogen-bond donors (Lipinski definition) is 3. The van der Waals surface area contributed by atoms with Crippen LogP contribution in [0.15, 0.2) is 24.3 Å². The van der Waals surface area contributed by atoms with Crippen LogP contribution in [0.2, 0.25) is 0 Å². The highest BCUT2D eigenvalue weighted by molar-refractivity contribution is 5.85. The van der Waals surface area contributed by atoms with Crippen molar-refractivity contribution in [2.75, 3.05) is 31.6 Å². The van der Waals surface area contributed by atoms with Crippen molar-refractivity contribution in [3.05, 3.63) is 34.4 Å². The summed E-state index contributed by atoms with van der Waals surface area (Å²) in [5.41, 5.74) is 6.79. The fourth-order valence-corrected chi connectivity index (χ4v) is 2.50. The van der Waals surface area contributed by atoms with Gasteiger partial charge in [-0.2, -0.15) is 0 Å². The Balaban J connectivity index is 0.00000288. The number of nitrogens with two attached hydrogens (primary N) is 1. The topological polar surface area (TPSA) is 120 Å². The molecule has 1 fully saturated rings. The van der Waals surface area contributed by atoms with Gasteiger partial charge < -0.3 is 21.1 Å². The number of amides is 1. The Kier molecular flexibility index (Phi) is 8.45. The normalized spacial score (nSPS) is 15.9. The third kappa shape index (κ3) is 5.95. The van der Waals surface area contributed by atoms with Crippen LogP contribution >= 0.6 is 12.4 Å². The first-order valence-corrected chi connectivity index (χ1v) is 7.67. The van der Waals surface area contributed by atoms with Crippen molar-refractivity contribution in [2.45, 2.75) is 18.9 Å². The zero-order valence-corrected chi connectivity index (χ0v) is 14.1. The smallest absolute Gasteiger partial charge is 0.269 e. The first kappa shape index (κ1) is 20.1. The first-order chi connectivity index (χ1) is 11.1. The number of nitrogens with one attached hydrogen (secondary N) is 2. The number of carbonyl (C=O) groups excluding carboxylic acids is 1. The number of hydrogen-bond acceptors (Lipinski definition) is 6. The molecule has 0 aliphatic carbocycles. The van der Waals surface area contributed by atoms with Gasteiger partial charge in [-0.25, -0.2) is 0 Å². The van der Waals surface area contributed by atoms with Gasteiger partial charge in [0.1, 0.15) is 0 Å².